The average Bonchev–Trinajstić information content (AvgIpc) is 2.16. The van der Waals surface area contributed by atoms with Gasteiger partial charge in [-0.1, -0.05) is 37.7 Å². The molecule has 0 saturated carbocycles. The summed E-state index contributed by atoms with van der Waals surface area (Å²) in [6, 6.07) is 0. The Kier molecular flexibility index (Phi) is 4.15. The number of nitrogens with one attached hydrogen (secondary N) is 2. The van der Waals surface area contributed by atoms with Crippen molar-refractivity contribution in [1.29, 1.82) is 0 Å². The van der Waals surface area contributed by atoms with Crippen molar-refractivity contribution >= 4 is 23.9 Å². The molecule has 1 unspecified atom stereocenters. The molecule has 2 N–H and O–H groups in total. The van der Waals surface area contributed by atoms with E-state index in [0.717, 1.165) is 11.8 Å². The van der Waals surface area contributed by atoms with E-state index in [4.69, 9.17) is 0 Å². The maximum Gasteiger partial charge on any atom is 0.0288 e. The normalized spacial score (nSPS) is 39.6. The van der Waals surface area contributed by atoms with Crippen LogP contribution in [0.5, 0.6) is 0 Å². The Morgan fingerprint density at radius 3 is 2.69 bits per heavy atom. The Morgan fingerprint density at radius 1 is 1.25 bits per heavy atom. The third-order valence-corrected chi connectivity index (χ3v) is 5.73. The molecule has 2 heterocycles. The fourth-order valence-electron chi connectivity index (χ4n) is 2.64. The number of rotatable bonds is 2. The van der Waals surface area contributed by atoms with Gasteiger partial charge in [0, 0.05) is 23.1 Å². The predicted molar refractivity (Wildman–Crippen MR) is 75.6 cm³/mol. The highest BCUT2D eigenvalue weighted by Gasteiger charge is 2.35. The van der Waals surface area contributed by atoms with Crippen LogP contribution in [0.3, 0.4) is 0 Å². The van der Waals surface area contributed by atoms with Gasteiger partial charge in [0.1, 0.15) is 0 Å². The summed E-state index contributed by atoms with van der Waals surface area (Å²) in [5.74, 6) is 0. The van der Waals surface area contributed by atoms with E-state index in [1.165, 1.54) is 32.2 Å². The van der Waals surface area contributed by atoms with E-state index >= 15 is 0 Å². The van der Waals surface area contributed by atoms with E-state index in [-0.39, 0.29) is 0 Å². The van der Waals surface area contributed by atoms with Gasteiger partial charge in [0.15, 0.2) is 0 Å². The molecule has 2 aliphatic rings. The fraction of sp³-hybridized carbons (Fsp3) is 1.00. The molecular formula is C12H24N2S2. The van der Waals surface area contributed by atoms with Crippen LogP contribution in [0.15, 0.2) is 0 Å². The van der Waals surface area contributed by atoms with Crippen LogP contribution >= 0.6 is 23.9 Å². The fourth-order valence-corrected chi connectivity index (χ4v) is 5.56. The second-order valence-electron chi connectivity index (χ2n) is 6.18. The van der Waals surface area contributed by atoms with Crippen LogP contribution in [-0.2, 0) is 0 Å². The van der Waals surface area contributed by atoms with E-state index in [9.17, 15) is 0 Å². The summed E-state index contributed by atoms with van der Waals surface area (Å²) in [4.78, 5) is 0. The van der Waals surface area contributed by atoms with Crippen molar-refractivity contribution in [2.75, 3.05) is 13.1 Å². The molecule has 0 aromatic rings. The van der Waals surface area contributed by atoms with Gasteiger partial charge in [-0.15, -0.1) is 0 Å². The van der Waals surface area contributed by atoms with E-state index in [2.05, 4.69) is 30.2 Å². The molecule has 0 spiro atoms. The Balaban J connectivity index is 1.88. The van der Waals surface area contributed by atoms with Crippen LogP contribution in [0.4, 0.5) is 0 Å². The Labute approximate surface area is 108 Å². The van der Waals surface area contributed by atoms with Crippen molar-refractivity contribution in [2.45, 2.75) is 56.5 Å². The molecule has 2 rings (SSSR count). The molecule has 0 radical (unpaired) electrons. The van der Waals surface area contributed by atoms with E-state index < -0.39 is 0 Å². The van der Waals surface area contributed by atoms with E-state index in [1.54, 1.807) is 0 Å². The zero-order valence-electron chi connectivity index (χ0n) is 10.6. The zero-order chi connectivity index (χ0) is 11.6. The highest BCUT2D eigenvalue weighted by Crippen LogP contribution is 2.42. The molecule has 2 nitrogen and oxygen atoms in total. The molecule has 4 heteroatoms. The van der Waals surface area contributed by atoms with Crippen LogP contribution in [0.2, 0.25) is 0 Å². The molecule has 94 valence electrons. The van der Waals surface area contributed by atoms with Crippen LogP contribution in [0.1, 0.15) is 46.5 Å². The summed E-state index contributed by atoms with van der Waals surface area (Å²) in [5.41, 5.74) is 0.471. The smallest absolute Gasteiger partial charge is 0.0288 e. The standard InChI is InChI=1S/C12H24N2S2/c1-11(2)7-10(15-14-9-11)8-12(3)5-4-6-13-16-12/h10,13-14H,4-9H2,1-3H3/t10?,12-/m1/s1. The summed E-state index contributed by atoms with van der Waals surface area (Å²) in [6.07, 6.45) is 5.37. The van der Waals surface area contributed by atoms with Crippen molar-refractivity contribution in [3.05, 3.63) is 0 Å². The van der Waals surface area contributed by atoms with Crippen molar-refractivity contribution in [3.8, 4) is 0 Å². The van der Waals surface area contributed by atoms with Crippen LogP contribution < -0.4 is 9.44 Å². The first kappa shape index (κ1) is 13.1. The van der Waals surface area contributed by atoms with Crippen molar-refractivity contribution in [1.82, 2.24) is 9.44 Å². The number of hydrogen-bond donors (Lipinski definition) is 2. The lowest BCUT2D eigenvalue weighted by Crippen LogP contribution is -2.40. The summed E-state index contributed by atoms with van der Waals surface area (Å²) in [5, 5.41) is 0.779. The molecule has 2 fully saturated rings. The Hall–Kier alpha value is 0.620. The van der Waals surface area contributed by atoms with Crippen molar-refractivity contribution in [3.63, 3.8) is 0 Å². The third-order valence-electron chi connectivity index (χ3n) is 3.54. The molecule has 0 aromatic heterocycles. The molecular weight excluding hydrogens is 236 g/mol. The Morgan fingerprint density at radius 2 is 2.06 bits per heavy atom. The lowest BCUT2D eigenvalue weighted by molar-refractivity contribution is 0.306. The van der Waals surface area contributed by atoms with Crippen LogP contribution in [0, 0.1) is 5.41 Å². The summed E-state index contributed by atoms with van der Waals surface area (Å²) < 4.78 is 7.44. The molecule has 2 saturated heterocycles. The molecule has 16 heavy (non-hydrogen) atoms. The minimum absolute atomic E-state index is 0.449. The lowest BCUT2D eigenvalue weighted by Gasteiger charge is -2.41. The summed E-state index contributed by atoms with van der Waals surface area (Å²) >= 11 is 3.93. The number of hydrogen-bond acceptors (Lipinski definition) is 4. The molecule has 0 bridgehead atoms. The second kappa shape index (κ2) is 5.09. The monoisotopic (exact) mass is 260 g/mol. The summed E-state index contributed by atoms with van der Waals surface area (Å²) in [7, 11) is 0. The second-order valence-corrected chi connectivity index (χ2v) is 8.85. The summed E-state index contributed by atoms with van der Waals surface area (Å²) in [6.45, 7) is 9.51. The van der Waals surface area contributed by atoms with Gasteiger partial charge in [-0.25, -0.2) is 0 Å². The van der Waals surface area contributed by atoms with Gasteiger partial charge in [-0.3, -0.25) is 9.44 Å². The van der Waals surface area contributed by atoms with Crippen molar-refractivity contribution < 1.29 is 0 Å². The molecule has 2 atom stereocenters. The molecule has 2 aliphatic heterocycles. The minimum Gasteiger partial charge on any atom is -0.264 e. The largest absolute Gasteiger partial charge is 0.264 e. The molecule has 0 aliphatic carbocycles. The lowest BCUT2D eigenvalue weighted by atomic mass is 9.84. The van der Waals surface area contributed by atoms with Crippen LogP contribution in [-0.4, -0.2) is 23.1 Å². The topological polar surface area (TPSA) is 24.1 Å². The highest BCUT2D eigenvalue weighted by atomic mass is 32.2. The highest BCUT2D eigenvalue weighted by molar-refractivity contribution is 7.99. The maximum absolute atomic E-state index is 3.52. The maximum atomic E-state index is 3.52. The van der Waals surface area contributed by atoms with E-state index in [1.807, 2.05) is 23.9 Å². The van der Waals surface area contributed by atoms with Gasteiger partial charge in [0.25, 0.3) is 0 Å². The van der Waals surface area contributed by atoms with Gasteiger partial charge in [-0.2, -0.15) is 0 Å². The predicted octanol–water partition coefficient (Wildman–Crippen LogP) is 3.20. The zero-order valence-corrected chi connectivity index (χ0v) is 12.3. The van der Waals surface area contributed by atoms with Crippen molar-refractivity contribution in [2.24, 2.45) is 5.41 Å². The quantitative estimate of drug-likeness (QED) is 0.745. The molecule has 0 amide bonds. The first-order chi connectivity index (χ1) is 7.49. The average molecular weight is 260 g/mol. The van der Waals surface area contributed by atoms with Gasteiger partial charge in [0.2, 0.25) is 0 Å². The first-order valence-corrected chi connectivity index (χ1v) is 7.98. The Bertz CT molecular complexity index is 237. The van der Waals surface area contributed by atoms with Gasteiger partial charge < -0.3 is 0 Å². The minimum atomic E-state index is 0.449. The van der Waals surface area contributed by atoms with Gasteiger partial charge in [-0.05, 0) is 38.0 Å². The first-order valence-electron chi connectivity index (χ1n) is 6.29. The van der Waals surface area contributed by atoms with Gasteiger partial charge >= 0.3 is 0 Å². The SMILES string of the molecule is CC1(C)CNSC(C[C@@]2(C)CCCNS2)C1. The van der Waals surface area contributed by atoms with E-state index in [0.29, 0.717) is 10.2 Å². The van der Waals surface area contributed by atoms with Crippen LogP contribution in [0.25, 0.3) is 0 Å². The van der Waals surface area contributed by atoms with Gasteiger partial charge in [0.05, 0.1) is 0 Å². The third kappa shape index (κ3) is 3.56. The molecule has 0 aromatic carbocycles.